The minimum absolute atomic E-state index is 0.116. The predicted molar refractivity (Wildman–Crippen MR) is 83.9 cm³/mol. The van der Waals surface area contributed by atoms with E-state index in [4.69, 9.17) is 4.74 Å². The van der Waals surface area contributed by atoms with Gasteiger partial charge in [0.05, 0.1) is 19.3 Å². The summed E-state index contributed by atoms with van der Waals surface area (Å²) in [4.78, 5) is 11.9. The lowest BCUT2D eigenvalue weighted by molar-refractivity contribution is 0.0604. The van der Waals surface area contributed by atoms with Crippen molar-refractivity contribution >= 4 is 23.1 Å². The molecule has 2 amide bonds. The van der Waals surface area contributed by atoms with Crippen LogP contribution in [0.3, 0.4) is 0 Å². The van der Waals surface area contributed by atoms with Gasteiger partial charge < -0.3 is 20.5 Å². The van der Waals surface area contributed by atoms with Gasteiger partial charge in [-0.05, 0) is 41.4 Å². The molecule has 3 N–H and O–H groups in total. The van der Waals surface area contributed by atoms with E-state index in [0.717, 1.165) is 5.56 Å². The van der Waals surface area contributed by atoms with Crippen LogP contribution in [0.1, 0.15) is 12.5 Å². The van der Waals surface area contributed by atoms with Crippen LogP contribution in [-0.2, 0) is 5.60 Å². The Morgan fingerprint density at radius 1 is 1.38 bits per heavy atom. The lowest BCUT2D eigenvalue weighted by Gasteiger charge is -2.23. The van der Waals surface area contributed by atoms with E-state index in [2.05, 4.69) is 10.6 Å². The summed E-state index contributed by atoms with van der Waals surface area (Å²) in [6.45, 7) is 1.78. The number of amides is 2. The molecule has 0 saturated heterocycles. The number of ether oxygens (including phenoxy) is 1. The molecule has 6 heteroatoms. The highest BCUT2D eigenvalue weighted by atomic mass is 32.1. The number of benzene rings is 1. The van der Waals surface area contributed by atoms with Gasteiger partial charge in [0.1, 0.15) is 11.4 Å². The summed E-state index contributed by atoms with van der Waals surface area (Å²) >= 11 is 1.50. The molecule has 0 radical (unpaired) electrons. The fourth-order valence-electron chi connectivity index (χ4n) is 1.84. The van der Waals surface area contributed by atoms with E-state index in [1.165, 1.54) is 11.3 Å². The van der Waals surface area contributed by atoms with Crippen LogP contribution in [0.2, 0.25) is 0 Å². The van der Waals surface area contributed by atoms with Gasteiger partial charge in [-0.15, -0.1) is 0 Å². The number of urea groups is 1. The molecule has 1 atom stereocenters. The number of carbonyl (C=O) groups is 1. The molecular weight excluding hydrogens is 288 g/mol. The van der Waals surface area contributed by atoms with Crippen LogP contribution < -0.4 is 15.4 Å². The Hall–Kier alpha value is -2.05. The highest BCUT2D eigenvalue weighted by Crippen LogP contribution is 2.24. The molecule has 112 valence electrons. The van der Waals surface area contributed by atoms with Crippen molar-refractivity contribution in [3.63, 3.8) is 0 Å². The number of anilines is 1. The SMILES string of the molecule is COc1ccccc1NC(=O)NCC(C)(O)c1ccsc1. The van der Waals surface area contributed by atoms with Gasteiger partial charge in [0.25, 0.3) is 0 Å². The zero-order valence-corrected chi connectivity index (χ0v) is 12.7. The Morgan fingerprint density at radius 2 is 2.14 bits per heavy atom. The first-order valence-electron chi connectivity index (χ1n) is 6.46. The second-order valence-corrected chi connectivity index (χ2v) is 5.57. The molecule has 0 aliphatic rings. The van der Waals surface area contributed by atoms with Gasteiger partial charge in [0.2, 0.25) is 0 Å². The number of thiophene rings is 1. The second kappa shape index (κ2) is 6.60. The lowest BCUT2D eigenvalue weighted by Crippen LogP contribution is -2.40. The van der Waals surface area contributed by atoms with E-state index in [-0.39, 0.29) is 6.54 Å². The maximum Gasteiger partial charge on any atom is 0.319 e. The summed E-state index contributed by atoms with van der Waals surface area (Å²) < 4.78 is 5.16. The topological polar surface area (TPSA) is 70.6 Å². The van der Waals surface area contributed by atoms with E-state index in [0.29, 0.717) is 11.4 Å². The van der Waals surface area contributed by atoms with E-state index in [1.807, 2.05) is 22.9 Å². The molecule has 2 rings (SSSR count). The Balaban J connectivity index is 1.93. The van der Waals surface area contributed by atoms with Gasteiger partial charge in [0, 0.05) is 0 Å². The van der Waals surface area contributed by atoms with Gasteiger partial charge >= 0.3 is 6.03 Å². The van der Waals surface area contributed by atoms with Gasteiger partial charge in [-0.25, -0.2) is 4.79 Å². The summed E-state index contributed by atoms with van der Waals surface area (Å²) in [5, 5.41) is 19.4. The van der Waals surface area contributed by atoms with Crippen molar-refractivity contribution in [1.29, 1.82) is 0 Å². The number of hydrogen-bond acceptors (Lipinski definition) is 4. The average Bonchev–Trinajstić information content (AvgIpc) is 3.01. The van der Waals surface area contributed by atoms with Crippen LogP contribution in [0.25, 0.3) is 0 Å². The maximum absolute atomic E-state index is 11.9. The molecule has 1 aromatic carbocycles. The van der Waals surface area contributed by atoms with Crippen molar-refractivity contribution in [2.45, 2.75) is 12.5 Å². The summed E-state index contributed by atoms with van der Waals surface area (Å²) in [6, 6.07) is 8.58. The highest BCUT2D eigenvalue weighted by Gasteiger charge is 2.24. The Bertz CT molecular complexity index is 597. The Morgan fingerprint density at radius 3 is 2.81 bits per heavy atom. The van der Waals surface area contributed by atoms with Crippen LogP contribution in [0.5, 0.6) is 5.75 Å². The first kappa shape index (κ1) is 15.3. The van der Waals surface area contributed by atoms with Crippen LogP contribution in [0, 0.1) is 0 Å². The fraction of sp³-hybridized carbons (Fsp3) is 0.267. The van der Waals surface area contributed by atoms with E-state index >= 15 is 0 Å². The third-order valence-electron chi connectivity index (χ3n) is 3.09. The molecule has 0 bridgehead atoms. The Labute approximate surface area is 127 Å². The first-order valence-corrected chi connectivity index (χ1v) is 7.40. The van der Waals surface area contributed by atoms with Crippen molar-refractivity contribution in [1.82, 2.24) is 5.32 Å². The van der Waals surface area contributed by atoms with Crippen molar-refractivity contribution in [3.8, 4) is 5.75 Å². The minimum atomic E-state index is -1.10. The molecule has 0 aliphatic carbocycles. The maximum atomic E-state index is 11.9. The number of aliphatic hydroxyl groups is 1. The van der Waals surface area contributed by atoms with Crippen LogP contribution in [0.4, 0.5) is 10.5 Å². The normalized spacial score (nSPS) is 13.3. The molecule has 0 spiro atoms. The molecule has 0 aliphatic heterocycles. The van der Waals surface area contributed by atoms with E-state index < -0.39 is 11.6 Å². The fourth-order valence-corrected chi connectivity index (χ4v) is 2.62. The molecule has 1 aromatic heterocycles. The zero-order valence-electron chi connectivity index (χ0n) is 11.9. The monoisotopic (exact) mass is 306 g/mol. The molecule has 2 aromatic rings. The van der Waals surface area contributed by atoms with Crippen molar-refractivity contribution in [2.24, 2.45) is 0 Å². The zero-order chi connectivity index (χ0) is 15.3. The summed E-state index contributed by atoms with van der Waals surface area (Å²) in [5.41, 5.74) is 0.260. The molecule has 5 nitrogen and oxygen atoms in total. The van der Waals surface area contributed by atoms with Crippen molar-refractivity contribution < 1.29 is 14.6 Å². The molecule has 0 fully saturated rings. The van der Waals surface area contributed by atoms with Gasteiger partial charge in [-0.3, -0.25) is 0 Å². The first-order chi connectivity index (χ1) is 10.0. The molecule has 1 unspecified atom stereocenters. The smallest absolute Gasteiger partial charge is 0.319 e. The van der Waals surface area contributed by atoms with Crippen LogP contribution in [-0.4, -0.2) is 24.8 Å². The number of nitrogens with one attached hydrogen (secondary N) is 2. The van der Waals surface area contributed by atoms with Crippen LogP contribution >= 0.6 is 11.3 Å². The molecule has 0 saturated carbocycles. The standard InChI is InChI=1S/C15H18N2O3S/c1-15(19,11-7-8-21-9-11)10-16-14(18)17-12-5-3-4-6-13(12)20-2/h3-9,19H,10H2,1-2H3,(H2,16,17,18). The molecule has 1 heterocycles. The van der Waals surface area contributed by atoms with Crippen LogP contribution in [0.15, 0.2) is 41.1 Å². The third-order valence-corrected chi connectivity index (χ3v) is 3.77. The van der Waals surface area contributed by atoms with Gasteiger partial charge in [0.15, 0.2) is 0 Å². The van der Waals surface area contributed by atoms with Crippen molar-refractivity contribution in [3.05, 3.63) is 46.7 Å². The quantitative estimate of drug-likeness (QED) is 0.795. The molecular formula is C15H18N2O3S. The number of hydrogen-bond donors (Lipinski definition) is 3. The van der Waals surface area contributed by atoms with E-state index in [9.17, 15) is 9.90 Å². The average molecular weight is 306 g/mol. The largest absolute Gasteiger partial charge is 0.495 e. The second-order valence-electron chi connectivity index (χ2n) is 4.79. The number of para-hydroxylation sites is 2. The summed E-state index contributed by atoms with van der Waals surface area (Å²) in [6.07, 6.45) is 0. The highest BCUT2D eigenvalue weighted by molar-refractivity contribution is 7.08. The Kier molecular flexibility index (Phi) is 4.82. The molecule has 21 heavy (non-hydrogen) atoms. The van der Waals surface area contributed by atoms with Gasteiger partial charge in [-0.2, -0.15) is 11.3 Å². The summed E-state index contributed by atoms with van der Waals surface area (Å²) in [7, 11) is 1.54. The van der Waals surface area contributed by atoms with E-state index in [1.54, 1.807) is 32.2 Å². The number of methoxy groups -OCH3 is 1. The minimum Gasteiger partial charge on any atom is -0.495 e. The number of rotatable bonds is 5. The summed E-state index contributed by atoms with van der Waals surface area (Å²) in [5.74, 6) is 0.581. The van der Waals surface area contributed by atoms with Crippen molar-refractivity contribution in [2.75, 3.05) is 19.0 Å². The van der Waals surface area contributed by atoms with Gasteiger partial charge in [-0.1, -0.05) is 12.1 Å². The third kappa shape index (κ3) is 3.96. The number of carbonyl (C=O) groups excluding carboxylic acids is 1. The lowest BCUT2D eigenvalue weighted by atomic mass is 9.99. The predicted octanol–water partition coefficient (Wildman–Crippen LogP) is 2.79.